The molecule has 1 unspecified atom stereocenters. The van der Waals surface area contributed by atoms with Gasteiger partial charge in [-0.1, -0.05) is 6.92 Å². The predicted octanol–water partition coefficient (Wildman–Crippen LogP) is -0.404. The summed E-state index contributed by atoms with van der Waals surface area (Å²) in [4.78, 5) is 9.73. The summed E-state index contributed by atoms with van der Waals surface area (Å²) < 4.78 is 0. The van der Waals surface area contributed by atoms with E-state index in [1.54, 1.807) is 0 Å². The van der Waals surface area contributed by atoms with Gasteiger partial charge in [0.15, 0.2) is 0 Å². The van der Waals surface area contributed by atoms with E-state index in [0.717, 1.165) is 12.7 Å². The Morgan fingerprint density at radius 3 is 2.57 bits per heavy atom. The van der Waals surface area contributed by atoms with Crippen LogP contribution in [0.1, 0.15) is 19.8 Å². The molecule has 0 rings (SSSR count). The smallest absolute Gasteiger partial charge is 0.125 e. The average molecular weight is 102 g/mol. The van der Waals surface area contributed by atoms with Crippen molar-refractivity contribution in [1.82, 2.24) is 0 Å². The van der Waals surface area contributed by atoms with Gasteiger partial charge in [-0.05, 0) is 6.42 Å². The standard InChI is InChI=1S/C5H11NO/c1-2-5(6)3-4-7/h4-5H,2-3,6H2,1H3/p+1. The highest BCUT2D eigenvalue weighted by Crippen LogP contribution is 1.84. The van der Waals surface area contributed by atoms with Crippen molar-refractivity contribution in [2.75, 3.05) is 0 Å². The van der Waals surface area contributed by atoms with Gasteiger partial charge in [-0.3, -0.25) is 0 Å². The highest BCUT2D eigenvalue weighted by Gasteiger charge is 1.97. The van der Waals surface area contributed by atoms with Gasteiger partial charge in [-0.25, -0.2) is 0 Å². The summed E-state index contributed by atoms with van der Waals surface area (Å²) in [6, 6.07) is 0.331. The molecule has 7 heavy (non-hydrogen) atoms. The van der Waals surface area contributed by atoms with Gasteiger partial charge in [-0.15, -0.1) is 0 Å². The topological polar surface area (TPSA) is 44.7 Å². The number of aldehydes is 1. The Kier molecular flexibility index (Phi) is 3.61. The van der Waals surface area contributed by atoms with Crippen molar-refractivity contribution in [2.45, 2.75) is 25.8 Å². The molecule has 0 aromatic heterocycles. The van der Waals surface area contributed by atoms with Crippen LogP contribution in [0, 0.1) is 0 Å². The molecule has 0 aliphatic heterocycles. The van der Waals surface area contributed by atoms with Gasteiger partial charge in [-0.2, -0.15) is 0 Å². The van der Waals surface area contributed by atoms with E-state index in [1.807, 2.05) is 6.92 Å². The number of hydrogen-bond donors (Lipinski definition) is 1. The molecular formula is C5H12NO+. The van der Waals surface area contributed by atoms with E-state index in [-0.39, 0.29) is 0 Å². The second-order valence-electron chi connectivity index (χ2n) is 1.68. The molecule has 0 bridgehead atoms. The second kappa shape index (κ2) is 3.81. The van der Waals surface area contributed by atoms with Crippen LogP contribution >= 0.6 is 0 Å². The fourth-order valence-electron chi connectivity index (χ4n) is 0.303. The average Bonchev–Trinajstić information content (AvgIpc) is 1.68. The van der Waals surface area contributed by atoms with Crippen LogP contribution in [-0.4, -0.2) is 12.3 Å². The predicted molar refractivity (Wildman–Crippen MR) is 27.6 cm³/mol. The molecule has 0 aromatic carbocycles. The van der Waals surface area contributed by atoms with Gasteiger partial charge in [0, 0.05) is 0 Å². The lowest BCUT2D eigenvalue weighted by Crippen LogP contribution is -2.60. The summed E-state index contributed by atoms with van der Waals surface area (Å²) in [5, 5.41) is 0. The molecule has 1 atom stereocenters. The summed E-state index contributed by atoms with van der Waals surface area (Å²) in [5.74, 6) is 0. The minimum absolute atomic E-state index is 0.331. The first-order valence-corrected chi connectivity index (χ1v) is 2.58. The van der Waals surface area contributed by atoms with Crippen LogP contribution in [0.3, 0.4) is 0 Å². The molecule has 2 heteroatoms. The summed E-state index contributed by atoms with van der Waals surface area (Å²) in [6.45, 7) is 2.03. The van der Waals surface area contributed by atoms with Gasteiger partial charge >= 0.3 is 0 Å². The molecule has 0 aliphatic carbocycles. The van der Waals surface area contributed by atoms with Crippen molar-refractivity contribution in [2.24, 2.45) is 0 Å². The minimum atomic E-state index is 0.331. The first-order valence-electron chi connectivity index (χ1n) is 2.58. The van der Waals surface area contributed by atoms with Crippen LogP contribution in [0.2, 0.25) is 0 Å². The van der Waals surface area contributed by atoms with Crippen molar-refractivity contribution in [3.8, 4) is 0 Å². The Balaban J connectivity index is 2.98. The van der Waals surface area contributed by atoms with Crippen LogP contribution in [0.15, 0.2) is 0 Å². The minimum Gasteiger partial charge on any atom is -0.355 e. The fraction of sp³-hybridized carbons (Fsp3) is 0.800. The Labute approximate surface area is 43.7 Å². The zero-order valence-electron chi connectivity index (χ0n) is 4.68. The number of carbonyl (C=O) groups is 1. The van der Waals surface area contributed by atoms with Crippen LogP contribution in [-0.2, 0) is 4.79 Å². The Morgan fingerprint density at radius 2 is 2.43 bits per heavy atom. The van der Waals surface area contributed by atoms with Gasteiger partial charge in [0.05, 0.1) is 12.5 Å². The third kappa shape index (κ3) is 3.46. The highest BCUT2D eigenvalue weighted by atomic mass is 16.1. The second-order valence-corrected chi connectivity index (χ2v) is 1.68. The Hall–Kier alpha value is -0.370. The van der Waals surface area contributed by atoms with E-state index >= 15 is 0 Å². The van der Waals surface area contributed by atoms with Gasteiger partial charge in [0.2, 0.25) is 0 Å². The molecule has 42 valence electrons. The Morgan fingerprint density at radius 1 is 1.86 bits per heavy atom. The van der Waals surface area contributed by atoms with E-state index in [4.69, 9.17) is 0 Å². The summed E-state index contributed by atoms with van der Waals surface area (Å²) in [5.41, 5.74) is 3.72. The first kappa shape index (κ1) is 6.63. The molecule has 2 nitrogen and oxygen atoms in total. The number of carbonyl (C=O) groups excluding carboxylic acids is 1. The lowest BCUT2D eigenvalue weighted by Gasteiger charge is -1.94. The summed E-state index contributed by atoms with van der Waals surface area (Å²) in [6.07, 6.45) is 2.52. The third-order valence-corrected chi connectivity index (χ3v) is 1.01. The maximum Gasteiger partial charge on any atom is 0.125 e. The summed E-state index contributed by atoms with van der Waals surface area (Å²) in [7, 11) is 0. The van der Waals surface area contributed by atoms with E-state index in [0.29, 0.717) is 12.5 Å². The molecule has 0 spiro atoms. The van der Waals surface area contributed by atoms with Crippen LogP contribution in [0.4, 0.5) is 0 Å². The van der Waals surface area contributed by atoms with Crippen molar-refractivity contribution >= 4 is 6.29 Å². The van der Waals surface area contributed by atoms with E-state index < -0.39 is 0 Å². The zero-order valence-corrected chi connectivity index (χ0v) is 4.68. The van der Waals surface area contributed by atoms with Crippen molar-refractivity contribution in [1.29, 1.82) is 0 Å². The maximum atomic E-state index is 9.73. The van der Waals surface area contributed by atoms with E-state index in [2.05, 4.69) is 5.73 Å². The monoisotopic (exact) mass is 102 g/mol. The van der Waals surface area contributed by atoms with Gasteiger partial charge in [0.25, 0.3) is 0 Å². The molecule has 0 radical (unpaired) electrons. The Bertz CT molecular complexity index is 54.0. The summed E-state index contributed by atoms with van der Waals surface area (Å²) >= 11 is 0. The van der Waals surface area contributed by atoms with Crippen molar-refractivity contribution < 1.29 is 10.5 Å². The van der Waals surface area contributed by atoms with E-state index in [1.165, 1.54) is 0 Å². The first-order chi connectivity index (χ1) is 3.31. The third-order valence-electron chi connectivity index (χ3n) is 1.01. The lowest BCUT2D eigenvalue weighted by atomic mass is 10.2. The zero-order chi connectivity index (χ0) is 5.70. The molecule has 0 fully saturated rings. The van der Waals surface area contributed by atoms with Gasteiger partial charge < -0.3 is 10.5 Å². The molecule has 0 aromatic rings. The van der Waals surface area contributed by atoms with Crippen molar-refractivity contribution in [3.05, 3.63) is 0 Å². The molecule has 3 N–H and O–H groups in total. The fourth-order valence-corrected chi connectivity index (χ4v) is 0.303. The molecule has 0 saturated carbocycles. The molecule has 0 saturated heterocycles. The molecular weight excluding hydrogens is 90.1 g/mol. The van der Waals surface area contributed by atoms with Gasteiger partial charge in [0.1, 0.15) is 6.29 Å². The largest absolute Gasteiger partial charge is 0.355 e. The molecule has 0 amide bonds. The normalized spacial score (nSPS) is 13.4. The number of hydrogen-bond acceptors (Lipinski definition) is 1. The van der Waals surface area contributed by atoms with Crippen LogP contribution in [0.25, 0.3) is 0 Å². The van der Waals surface area contributed by atoms with Crippen molar-refractivity contribution in [3.63, 3.8) is 0 Å². The quantitative estimate of drug-likeness (QED) is 0.484. The molecule has 0 aliphatic rings. The maximum absolute atomic E-state index is 9.73. The number of rotatable bonds is 3. The molecule has 0 heterocycles. The van der Waals surface area contributed by atoms with Crippen LogP contribution < -0.4 is 5.73 Å². The SMILES string of the molecule is CCC([NH3+])CC=O. The highest BCUT2D eigenvalue weighted by molar-refractivity contribution is 5.49. The van der Waals surface area contributed by atoms with E-state index in [9.17, 15) is 4.79 Å². The lowest BCUT2D eigenvalue weighted by molar-refractivity contribution is -0.418. The van der Waals surface area contributed by atoms with Crippen LogP contribution in [0.5, 0.6) is 0 Å². The number of quaternary nitrogens is 1.